The minimum atomic E-state index is -1.45. The molecule has 0 atom stereocenters. The van der Waals surface area contributed by atoms with Crippen LogP contribution >= 0.6 is 0 Å². The van der Waals surface area contributed by atoms with Gasteiger partial charge in [-0.15, -0.1) is 0 Å². The maximum atomic E-state index is 13.6. The van der Waals surface area contributed by atoms with Crippen LogP contribution in [0.15, 0.2) is 42.5 Å². The van der Waals surface area contributed by atoms with E-state index in [0.717, 1.165) is 6.07 Å². The van der Waals surface area contributed by atoms with Gasteiger partial charge in [0.05, 0.1) is 5.69 Å². The van der Waals surface area contributed by atoms with Crippen molar-refractivity contribution in [3.63, 3.8) is 0 Å². The van der Waals surface area contributed by atoms with Gasteiger partial charge < -0.3 is 5.11 Å². The van der Waals surface area contributed by atoms with Crippen molar-refractivity contribution in [3.05, 3.63) is 54.1 Å². The van der Waals surface area contributed by atoms with Crippen molar-refractivity contribution in [1.29, 1.82) is 0 Å². The first kappa shape index (κ1) is 12.0. The summed E-state index contributed by atoms with van der Waals surface area (Å²) in [6.45, 7) is 0. The zero-order valence-electron chi connectivity index (χ0n) is 9.15. The molecular formula is C13H9F2NO2. The number of benzene rings is 2. The lowest BCUT2D eigenvalue weighted by molar-refractivity contribution is 0.209. The molecule has 0 aromatic heterocycles. The van der Waals surface area contributed by atoms with Crippen molar-refractivity contribution < 1.29 is 18.7 Å². The molecule has 0 aliphatic carbocycles. The Bertz CT molecular complexity index is 585. The molecular weight excluding hydrogens is 240 g/mol. The number of rotatable bonds is 2. The Morgan fingerprint density at radius 3 is 2.33 bits per heavy atom. The summed E-state index contributed by atoms with van der Waals surface area (Å²) in [4.78, 5) is 10.6. The first-order valence-corrected chi connectivity index (χ1v) is 5.13. The van der Waals surface area contributed by atoms with Gasteiger partial charge in [-0.05, 0) is 17.7 Å². The van der Waals surface area contributed by atoms with Gasteiger partial charge in [0.2, 0.25) is 0 Å². The summed E-state index contributed by atoms with van der Waals surface area (Å²) in [5.74, 6) is -2.31. The summed E-state index contributed by atoms with van der Waals surface area (Å²) in [5.41, 5.74) is 0.505. The van der Waals surface area contributed by atoms with Gasteiger partial charge in [-0.1, -0.05) is 30.3 Å². The Balaban J connectivity index is 2.60. The maximum Gasteiger partial charge on any atom is 0.409 e. The molecule has 0 aliphatic heterocycles. The molecule has 2 rings (SSSR count). The molecule has 2 aromatic carbocycles. The van der Waals surface area contributed by atoms with E-state index in [4.69, 9.17) is 5.11 Å². The standard InChI is InChI=1S/C13H9F2NO2/c14-10-7-6-9(8-4-2-1-3-5-8)12(11(10)15)16-13(17)18/h1-7,16H,(H,17,18). The van der Waals surface area contributed by atoms with Gasteiger partial charge in [0.15, 0.2) is 11.6 Å². The number of amides is 1. The second-order valence-electron chi connectivity index (χ2n) is 3.58. The third kappa shape index (κ3) is 2.29. The summed E-state index contributed by atoms with van der Waals surface area (Å²) < 4.78 is 26.7. The number of halogens is 2. The van der Waals surface area contributed by atoms with E-state index >= 15 is 0 Å². The van der Waals surface area contributed by atoms with E-state index in [2.05, 4.69) is 0 Å². The summed E-state index contributed by atoms with van der Waals surface area (Å²) in [6.07, 6.45) is -1.45. The third-order valence-electron chi connectivity index (χ3n) is 2.41. The highest BCUT2D eigenvalue weighted by Crippen LogP contribution is 2.31. The average molecular weight is 249 g/mol. The van der Waals surface area contributed by atoms with Crippen LogP contribution in [0.5, 0.6) is 0 Å². The van der Waals surface area contributed by atoms with Gasteiger partial charge in [0.1, 0.15) is 0 Å². The van der Waals surface area contributed by atoms with E-state index in [1.807, 2.05) is 5.32 Å². The molecule has 2 aromatic rings. The van der Waals surface area contributed by atoms with Crippen molar-refractivity contribution in [2.24, 2.45) is 0 Å². The maximum absolute atomic E-state index is 13.6. The van der Waals surface area contributed by atoms with E-state index < -0.39 is 17.7 Å². The first-order chi connectivity index (χ1) is 8.59. The molecule has 3 nitrogen and oxygen atoms in total. The Labute approximate surface area is 102 Å². The van der Waals surface area contributed by atoms with Crippen molar-refractivity contribution >= 4 is 11.8 Å². The molecule has 0 spiro atoms. The Morgan fingerprint density at radius 1 is 1.06 bits per heavy atom. The largest absolute Gasteiger partial charge is 0.465 e. The number of carbonyl (C=O) groups is 1. The van der Waals surface area contributed by atoms with Gasteiger partial charge in [-0.3, -0.25) is 5.32 Å². The van der Waals surface area contributed by atoms with Gasteiger partial charge >= 0.3 is 6.09 Å². The summed E-state index contributed by atoms with van der Waals surface area (Å²) in [5, 5.41) is 10.5. The van der Waals surface area contributed by atoms with E-state index in [-0.39, 0.29) is 11.3 Å². The zero-order chi connectivity index (χ0) is 13.1. The molecule has 0 aliphatic rings. The first-order valence-electron chi connectivity index (χ1n) is 5.13. The summed E-state index contributed by atoms with van der Waals surface area (Å²) >= 11 is 0. The summed E-state index contributed by atoms with van der Waals surface area (Å²) in [6, 6.07) is 10.9. The van der Waals surface area contributed by atoms with Crippen LogP contribution in [-0.4, -0.2) is 11.2 Å². The minimum Gasteiger partial charge on any atom is -0.465 e. The molecule has 0 saturated carbocycles. The average Bonchev–Trinajstić information content (AvgIpc) is 2.36. The number of anilines is 1. The van der Waals surface area contributed by atoms with Crippen LogP contribution in [0.2, 0.25) is 0 Å². The van der Waals surface area contributed by atoms with Gasteiger partial charge in [-0.2, -0.15) is 0 Å². The molecule has 0 saturated heterocycles. The van der Waals surface area contributed by atoms with Gasteiger partial charge in [-0.25, -0.2) is 13.6 Å². The van der Waals surface area contributed by atoms with Gasteiger partial charge in [0, 0.05) is 5.56 Å². The van der Waals surface area contributed by atoms with Crippen LogP contribution in [0.4, 0.5) is 19.3 Å². The Kier molecular flexibility index (Phi) is 3.23. The van der Waals surface area contributed by atoms with Gasteiger partial charge in [0.25, 0.3) is 0 Å². The number of nitrogens with one attached hydrogen (secondary N) is 1. The quantitative estimate of drug-likeness (QED) is 0.852. The molecule has 0 radical (unpaired) electrons. The molecule has 18 heavy (non-hydrogen) atoms. The second-order valence-corrected chi connectivity index (χ2v) is 3.58. The summed E-state index contributed by atoms with van der Waals surface area (Å²) in [7, 11) is 0. The molecule has 0 bridgehead atoms. The fourth-order valence-corrected chi connectivity index (χ4v) is 1.64. The van der Waals surface area contributed by atoms with Crippen LogP contribution in [0, 0.1) is 11.6 Å². The number of carboxylic acid groups (broad SMARTS) is 1. The van der Waals surface area contributed by atoms with Crippen LogP contribution in [0.1, 0.15) is 0 Å². The number of hydrogen-bond acceptors (Lipinski definition) is 1. The lowest BCUT2D eigenvalue weighted by Crippen LogP contribution is -2.11. The van der Waals surface area contributed by atoms with Crippen LogP contribution < -0.4 is 5.32 Å². The third-order valence-corrected chi connectivity index (χ3v) is 2.41. The Morgan fingerprint density at radius 2 is 1.72 bits per heavy atom. The van der Waals surface area contributed by atoms with E-state index in [1.165, 1.54) is 6.07 Å². The van der Waals surface area contributed by atoms with E-state index in [0.29, 0.717) is 5.56 Å². The Hall–Kier alpha value is -2.43. The van der Waals surface area contributed by atoms with E-state index in [9.17, 15) is 13.6 Å². The smallest absolute Gasteiger partial charge is 0.409 e. The molecule has 5 heteroatoms. The molecule has 0 fully saturated rings. The molecule has 1 amide bonds. The molecule has 92 valence electrons. The highest BCUT2D eigenvalue weighted by Gasteiger charge is 2.16. The fraction of sp³-hybridized carbons (Fsp3) is 0. The van der Waals surface area contributed by atoms with Crippen molar-refractivity contribution in [3.8, 4) is 11.1 Å². The molecule has 2 N–H and O–H groups in total. The highest BCUT2D eigenvalue weighted by molar-refractivity contribution is 5.90. The minimum absolute atomic E-state index is 0.289. The van der Waals surface area contributed by atoms with E-state index in [1.54, 1.807) is 30.3 Å². The number of hydrogen-bond donors (Lipinski definition) is 2. The van der Waals surface area contributed by atoms with Crippen molar-refractivity contribution in [2.45, 2.75) is 0 Å². The molecule has 0 heterocycles. The fourth-order valence-electron chi connectivity index (χ4n) is 1.64. The lowest BCUT2D eigenvalue weighted by atomic mass is 10.0. The predicted octanol–water partition coefficient (Wildman–Crippen LogP) is 3.72. The van der Waals surface area contributed by atoms with Crippen LogP contribution in [-0.2, 0) is 0 Å². The lowest BCUT2D eigenvalue weighted by Gasteiger charge is -2.10. The second kappa shape index (κ2) is 4.83. The highest BCUT2D eigenvalue weighted by atomic mass is 19.2. The zero-order valence-corrected chi connectivity index (χ0v) is 9.15. The van der Waals surface area contributed by atoms with Crippen LogP contribution in [0.3, 0.4) is 0 Å². The topological polar surface area (TPSA) is 49.3 Å². The monoisotopic (exact) mass is 249 g/mol. The molecule has 0 unspecified atom stereocenters. The normalized spacial score (nSPS) is 10.1. The SMILES string of the molecule is O=C(O)Nc1c(-c2ccccc2)ccc(F)c1F. The van der Waals surface area contributed by atoms with Crippen molar-refractivity contribution in [2.75, 3.05) is 5.32 Å². The van der Waals surface area contributed by atoms with Crippen LogP contribution in [0.25, 0.3) is 11.1 Å². The predicted molar refractivity (Wildman–Crippen MR) is 63.4 cm³/mol. The van der Waals surface area contributed by atoms with Crippen molar-refractivity contribution in [1.82, 2.24) is 0 Å².